The van der Waals surface area contributed by atoms with Crippen molar-refractivity contribution in [2.75, 3.05) is 11.9 Å². The van der Waals surface area contributed by atoms with Gasteiger partial charge in [-0.3, -0.25) is 0 Å². The highest BCUT2D eigenvalue weighted by atomic mass is 79.9. The number of anilines is 1. The standard InChI is InChI=1S/C9H14BrN3O/c1-6(14)8(11)5-13-9-7(10)3-2-4-12-9/h2-4,6,8,14H,5,11H2,1H3,(H,12,13). The van der Waals surface area contributed by atoms with E-state index < -0.39 is 6.10 Å². The summed E-state index contributed by atoms with van der Waals surface area (Å²) in [6.07, 6.45) is 1.17. The number of rotatable bonds is 4. The highest BCUT2D eigenvalue weighted by Gasteiger charge is 2.09. The van der Waals surface area contributed by atoms with Crippen molar-refractivity contribution in [3.8, 4) is 0 Å². The van der Waals surface area contributed by atoms with E-state index in [-0.39, 0.29) is 6.04 Å². The maximum absolute atomic E-state index is 9.17. The molecule has 0 radical (unpaired) electrons. The van der Waals surface area contributed by atoms with Crippen LogP contribution in [-0.2, 0) is 0 Å². The monoisotopic (exact) mass is 259 g/mol. The highest BCUT2D eigenvalue weighted by Crippen LogP contribution is 2.17. The van der Waals surface area contributed by atoms with Gasteiger partial charge in [0.15, 0.2) is 0 Å². The SMILES string of the molecule is CC(O)C(N)CNc1ncccc1Br. The molecule has 0 saturated heterocycles. The van der Waals surface area contributed by atoms with E-state index in [0.717, 1.165) is 10.3 Å². The van der Waals surface area contributed by atoms with Gasteiger partial charge in [-0.2, -0.15) is 0 Å². The highest BCUT2D eigenvalue weighted by molar-refractivity contribution is 9.10. The van der Waals surface area contributed by atoms with Gasteiger partial charge in [-0.25, -0.2) is 4.98 Å². The van der Waals surface area contributed by atoms with Gasteiger partial charge in [0.05, 0.1) is 10.6 Å². The van der Waals surface area contributed by atoms with Crippen LogP contribution in [0.5, 0.6) is 0 Å². The number of hydrogen-bond acceptors (Lipinski definition) is 4. The second kappa shape index (κ2) is 5.29. The number of pyridine rings is 1. The number of aromatic nitrogens is 1. The fraction of sp³-hybridized carbons (Fsp3) is 0.444. The third-order valence-corrected chi connectivity index (χ3v) is 2.52. The molecule has 0 saturated carbocycles. The summed E-state index contributed by atoms with van der Waals surface area (Å²) < 4.78 is 0.887. The minimum absolute atomic E-state index is 0.288. The maximum Gasteiger partial charge on any atom is 0.140 e. The van der Waals surface area contributed by atoms with Crippen LogP contribution in [0.4, 0.5) is 5.82 Å². The molecule has 0 bridgehead atoms. The van der Waals surface area contributed by atoms with Gasteiger partial charge in [0.1, 0.15) is 5.82 Å². The molecule has 14 heavy (non-hydrogen) atoms. The first-order valence-electron chi connectivity index (χ1n) is 4.39. The second-order valence-corrected chi connectivity index (χ2v) is 3.97. The van der Waals surface area contributed by atoms with Crippen molar-refractivity contribution in [2.24, 2.45) is 5.73 Å². The summed E-state index contributed by atoms with van der Waals surface area (Å²) in [4.78, 5) is 4.11. The minimum Gasteiger partial charge on any atom is -0.392 e. The van der Waals surface area contributed by atoms with Gasteiger partial charge >= 0.3 is 0 Å². The van der Waals surface area contributed by atoms with Crippen molar-refractivity contribution in [3.05, 3.63) is 22.8 Å². The Kier molecular flexibility index (Phi) is 4.31. The van der Waals surface area contributed by atoms with Crippen LogP contribution < -0.4 is 11.1 Å². The molecule has 1 aromatic rings. The van der Waals surface area contributed by atoms with E-state index in [1.807, 2.05) is 12.1 Å². The zero-order chi connectivity index (χ0) is 10.6. The lowest BCUT2D eigenvalue weighted by molar-refractivity contribution is 0.168. The number of halogens is 1. The lowest BCUT2D eigenvalue weighted by Crippen LogP contribution is -2.38. The van der Waals surface area contributed by atoms with Crippen LogP contribution in [0.3, 0.4) is 0 Å². The molecule has 0 spiro atoms. The van der Waals surface area contributed by atoms with Crippen LogP contribution in [0.2, 0.25) is 0 Å². The van der Waals surface area contributed by atoms with Gasteiger partial charge in [0.25, 0.3) is 0 Å². The molecule has 4 nitrogen and oxygen atoms in total. The predicted molar refractivity (Wildman–Crippen MR) is 60.1 cm³/mol. The van der Waals surface area contributed by atoms with Crippen LogP contribution in [0.25, 0.3) is 0 Å². The van der Waals surface area contributed by atoms with E-state index in [1.54, 1.807) is 13.1 Å². The Balaban J connectivity index is 2.50. The fourth-order valence-electron chi connectivity index (χ4n) is 0.901. The Morgan fingerprint density at radius 2 is 2.43 bits per heavy atom. The van der Waals surface area contributed by atoms with E-state index in [1.165, 1.54) is 0 Å². The van der Waals surface area contributed by atoms with Crippen LogP contribution in [0.15, 0.2) is 22.8 Å². The summed E-state index contributed by atoms with van der Waals surface area (Å²) in [5.41, 5.74) is 5.66. The first-order valence-corrected chi connectivity index (χ1v) is 5.18. The van der Waals surface area contributed by atoms with Crippen molar-refractivity contribution in [2.45, 2.75) is 19.1 Å². The summed E-state index contributed by atoms with van der Waals surface area (Å²) in [5, 5.41) is 12.2. The summed E-state index contributed by atoms with van der Waals surface area (Å²) in [6.45, 7) is 2.16. The average molecular weight is 260 g/mol. The van der Waals surface area contributed by atoms with E-state index >= 15 is 0 Å². The third kappa shape index (κ3) is 3.25. The first kappa shape index (κ1) is 11.4. The molecular formula is C9H14BrN3O. The van der Waals surface area contributed by atoms with Crippen molar-refractivity contribution < 1.29 is 5.11 Å². The maximum atomic E-state index is 9.17. The third-order valence-electron chi connectivity index (χ3n) is 1.88. The number of aliphatic hydroxyl groups is 1. The van der Waals surface area contributed by atoms with Crippen molar-refractivity contribution in [1.82, 2.24) is 4.98 Å². The molecule has 0 aliphatic rings. The Bertz CT molecular complexity index is 293. The molecule has 0 aliphatic carbocycles. The van der Waals surface area contributed by atoms with Gasteiger partial charge in [-0.05, 0) is 35.0 Å². The van der Waals surface area contributed by atoms with Gasteiger partial charge < -0.3 is 16.2 Å². The quantitative estimate of drug-likeness (QED) is 0.754. The fourth-order valence-corrected chi connectivity index (χ4v) is 1.30. The summed E-state index contributed by atoms with van der Waals surface area (Å²) >= 11 is 3.36. The van der Waals surface area contributed by atoms with Crippen LogP contribution in [0, 0.1) is 0 Å². The minimum atomic E-state index is -0.523. The summed E-state index contributed by atoms with van der Waals surface area (Å²) in [6, 6.07) is 3.44. The van der Waals surface area contributed by atoms with Crippen molar-refractivity contribution in [1.29, 1.82) is 0 Å². The van der Waals surface area contributed by atoms with Crippen molar-refractivity contribution in [3.63, 3.8) is 0 Å². The molecule has 4 N–H and O–H groups in total. The Morgan fingerprint density at radius 3 is 3.00 bits per heavy atom. The van der Waals surface area contributed by atoms with Gasteiger partial charge in [-0.1, -0.05) is 0 Å². The predicted octanol–water partition coefficient (Wildman–Crippen LogP) is 0.964. The molecule has 0 amide bonds. The number of nitrogens with two attached hydrogens (primary N) is 1. The molecule has 1 aromatic heterocycles. The average Bonchev–Trinajstić information content (AvgIpc) is 2.16. The van der Waals surface area contributed by atoms with Crippen LogP contribution >= 0.6 is 15.9 Å². The van der Waals surface area contributed by atoms with E-state index in [9.17, 15) is 5.11 Å². The molecule has 2 unspecified atom stereocenters. The number of nitrogens with zero attached hydrogens (tertiary/aromatic N) is 1. The summed E-state index contributed by atoms with van der Waals surface area (Å²) in [5.74, 6) is 0.739. The molecule has 1 rings (SSSR count). The zero-order valence-corrected chi connectivity index (χ0v) is 9.53. The second-order valence-electron chi connectivity index (χ2n) is 3.12. The smallest absolute Gasteiger partial charge is 0.140 e. The van der Waals surface area contributed by atoms with Crippen molar-refractivity contribution >= 4 is 21.7 Å². The number of hydrogen-bond donors (Lipinski definition) is 3. The van der Waals surface area contributed by atoms with Crippen LogP contribution in [-0.4, -0.2) is 28.8 Å². The molecule has 0 fully saturated rings. The van der Waals surface area contributed by atoms with Gasteiger partial charge in [0, 0.05) is 18.8 Å². The normalized spacial score (nSPS) is 14.9. The number of aliphatic hydroxyl groups excluding tert-OH is 1. The molecule has 0 aliphatic heterocycles. The zero-order valence-electron chi connectivity index (χ0n) is 7.94. The Morgan fingerprint density at radius 1 is 1.71 bits per heavy atom. The Labute approximate surface area is 91.7 Å². The number of nitrogens with one attached hydrogen (secondary N) is 1. The summed E-state index contributed by atoms with van der Waals surface area (Å²) in [7, 11) is 0. The Hall–Kier alpha value is -0.650. The topological polar surface area (TPSA) is 71.2 Å². The van der Waals surface area contributed by atoms with E-state index in [2.05, 4.69) is 26.2 Å². The molecule has 78 valence electrons. The van der Waals surface area contributed by atoms with Gasteiger partial charge in [0.2, 0.25) is 0 Å². The van der Waals surface area contributed by atoms with E-state index in [4.69, 9.17) is 5.73 Å². The van der Waals surface area contributed by atoms with Crippen LogP contribution in [0.1, 0.15) is 6.92 Å². The largest absolute Gasteiger partial charge is 0.392 e. The lowest BCUT2D eigenvalue weighted by Gasteiger charge is -2.16. The van der Waals surface area contributed by atoms with Gasteiger partial charge in [-0.15, -0.1) is 0 Å². The molecule has 0 aromatic carbocycles. The molecular weight excluding hydrogens is 246 g/mol. The molecule has 1 heterocycles. The molecule has 2 atom stereocenters. The first-order chi connectivity index (χ1) is 6.61. The lowest BCUT2D eigenvalue weighted by atomic mass is 10.2. The van der Waals surface area contributed by atoms with E-state index in [0.29, 0.717) is 6.54 Å². The molecule has 5 heteroatoms.